The topological polar surface area (TPSA) is 75.7 Å². The summed E-state index contributed by atoms with van der Waals surface area (Å²) in [5, 5.41) is 10.8. The summed E-state index contributed by atoms with van der Waals surface area (Å²) in [5.74, 6) is -0.103. The molecule has 0 amide bonds. The average Bonchev–Trinajstić information content (AvgIpc) is 2.54. The van der Waals surface area contributed by atoms with Crippen molar-refractivity contribution in [1.29, 1.82) is 0 Å². The first-order valence-electron chi connectivity index (χ1n) is 6.83. The Kier molecular flexibility index (Phi) is 3.70. The predicted molar refractivity (Wildman–Crippen MR) is 84.3 cm³/mol. The van der Waals surface area contributed by atoms with Crippen molar-refractivity contribution in [2.24, 2.45) is 4.99 Å². The van der Waals surface area contributed by atoms with E-state index in [9.17, 15) is 9.90 Å². The minimum Gasteiger partial charge on any atom is -0.506 e. The smallest absolute Gasteiger partial charge is 0.349 e. The van der Waals surface area contributed by atoms with Crippen molar-refractivity contribution < 1.29 is 9.52 Å². The van der Waals surface area contributed by atoms with Gasteiger partial charge in [-0.15, -0.1) is 0 Å². The molecular formula is C17H14N2O3. The third kappa shape index (κ3) is 2.61. The van der Waals surface area contributed by atoms with Crippen molar-refractivity contribution in [3.05, 3.63) is 70.3 Å². The second kappa shape index (κ2) is 5.81. The van der Waals surface area contributed by atoms with Crippen molar-refractivity contribution in [3.63, 3.8) is 0 Å². The predicted octanol–water partition coefficient (Wildman–Crippen LogP) is 2.90. The lowest BCUT2D eigenvalue weighted by Gasteiger charge is -2.06. The largest absolute Gasteiger partial charge is 0.506 e. The number of hydrogen-bond donors (Lipinski definition) is 1. The molecule has 5 nitrogen and oxygen atoms in total. The molecule has 2 heterocycles. The number of rotatable bonds is 3. The maximum absolute atomic E-state index is 12.1. The molecule has 1 aromatic carbocycles. The highest BCUT2D eigenvalue weighted by Gasteiger charge is 2.15. The fourth-order valence-electron chi connectivity index (χ4n) is 2.22. The fourth-order valence-corrected chi connectivity index (χ4v) is 2.22. The van der Waals surface area contributed by atoms with E-state index in [2.05, 4.69) is 9.98 Å². The van der Waals surface area contributed by atoms with Gasteiger partial charge >= 0.3 is 5.63 Å². The summed E-state index contributed by atoms with van der Waals surface area (Å²) in [4.78, 5) is 20.6. The van der Waals surface area contributed by atoms with E-state index in [0.29, 0.717) is 23.2 Å². The molecule has 2 aromatic heterocycles. The van der Waals surface area contributed by atoms with E-state index in [-0.39, 0.29) is 11.3 Å². The zero-order valence-corrected chi connectivity index (χ0v) is 12.0. The van der Waals surface area contributed by atoms with Gasteiger partial charge in [-0.2, -0.15) is 0 Å². The molecule has 110 valence electrons. The number of pyridine rings is 1. The maximum atomic E-state index is 12.1. The Morgan fingerprint density at radius 1 is 1.23 bits per heavy atom. The van der Waals surface area contributed by atoms with Crippen LogP contribution in [-0.4, -0.2) is 15.8 Å². The number of nitrogens with zero attached hydrogens (tertiary/aromatic N) is 2. The third-order valence-corrected chi connectivity index (χ3v) is 3.35. The van der Waals surface area contributed by atoms with E-state index in [1.165, 1.54) is 0 Å². The summed E-state index contributed by atoms with van der Waals surface area (Å²) in [6.45, 7) is 2.00. The van der Waals surface area contributed by atoms with Crippen molar-refractivity contribution in [2.75, 3.05) is 0 Å². The van der Waals surface area contributed by atoms with Crippen molar-refractivity contribution in [1.82, 2.24) is 4.98 Å². The van der Waals surface area contributed by atoms with Gasteiger partial charge in [-0.05, 0) is 31.2 Å². The molecule has 0 saturated carbocycles. The lowest BCUT2D eigenvalue weighted by Crippen LogP contribution is -2.13. The van der Waals surface area contributed by atoms with Crippen LogP contribution in [0.25, 0.3) is 11.0 Å². The summed E-state index contributed by atoms with van der Waals surface area (Å²) >= 11 is 0. The third-order valence-electron chi connectivity index (χ3n) is 3.35. The molecule has 3 rings (SSSR count). The molecule has 0 aliphatic rings. The fraction of sp³-hybridized carbons (Fsp3) is 0.118. The lowest BCUT2D eigenvalue weighted by atomic mass is 10.1. The zero-order valence-electron chi connectivity index (χ0n) is 12.0. The van der Waals surface area contributed by atoms with Crippen LogP contribution in [0, 0.1) is 0 Å². The van der Waals surface area contributed by atoms with Crippen LogP contribution in [0.3, 0.4) is 0 Å². The highest BCUT2D eigenvalue weighted by molar-refractivity contribution is 6.04. The van der Waals surface area contributed by atoms with Gasteiger partial charge < -0.3 is 9.52 Å². The summed E-state index contributed by atoms with van der Waals surface area (Å²) in [6, 6.07) is 12.4. The second-order valence-corrected chi connectivity index (χ2v) is 4.83. The van der Waals surface area contributed by atoms with Crippen molar-refractivity contribution >= 4 is 16.7 Å². The minimum absolute atomic E-state index is 0.0923. The van der Waals surface area contributed by atoms with E-state index < -0.39 is 5.63 Å². The molecule has 0 aliphatic carbocycles. The first-order valence-corrected chi connectivity index (χ1v) is 6.83. The highest BCUT2D eigenvalue weighted by atomic mass is 16.4. The molecule has 3 aromatic rings. The van der Waals surface area contributed by atoms with Crippen LogP contribution in [0.15, 0.2) is 62.9 Å². The second-order valence-electron chi connectivity index (χ2n) is 4.83. The lowest BCUT2D eigenvalue weighted by molar-refractivity contribution is 0.466. The molecule has 0 bridgehead atoms. The Balaban J connectivity index is 2.04. The average molecular weight is 294 g/mol. The molecule has 0 fully saturated rings. The molecule has 1 N–H and O–H groups in total. The Hall–Kier alpha value is -2.95. The summed E-state index contributed by atoms with van der Waals surface area (Å²) in [5.41, 5.74) is 1.05. The van der Waals surface area contributed by atoms with Gasteiger partial charge in [0.15, 0.2) is 0 Å². The molecule has 0 atom stereocenters. The number of para-hydroxylation sites is 1. The number of aromatic hydroxyl groups is 1. The van der Waals surface area contributed by atoms with Gasteiger partial charge in [0, 0.05) is 6.20 Å². The number of hydrogen-bond acceptors (Lipinski definition) is 5. The standard InChI is InChI=1S/C17H14N2O3/c1-11(19-10-12-6-4-5-9-18-12)15-16(20)13-7-2-3-8-14(13)22-17(15)21/h2-9,20H,10H2,1H3. The Morgan fingerprint density at radius 2 is 2.00 bits per heavy atom. The maximum Gasteiger partial charge on any atom is 0.349 e. The van der Waals surface area contributed by atoms with E-state index in [0.717, 1.165) is 5.69 Å². The van der Waals surface area contributed by atoms with Crippen LogP contribution in [0.2, 0.25) is 0 Å². The van der Waals surface area contributed by atoms with Gasteiger partial charge in [-0.3, -0.25) is 9.98 Å². The zero-order chi connectivity index (χ0) is 15.5. The monoisotopic (exact) mass is 294 g/mol. The molecule has 0 radical (unpaired) electrons. The van der Waals surface area contributed by atoms with E-state index in [1.54, 1.807) is 37.4 Å². The summed E-state index contributed by atoms with van der Waals surface area (Å²) in [6.07, 6.45) is 1.68. The molecule has 0 spiro atoms. The Morgan fingerprint density at radius 3 is 2.77 bits per heavy atom. The SMILES string of the molecule is CC(=NCc1ccccn1)c1c(O)c2ccccc2oc1=O. The highest BCUT2D eigenvalue weighted by Crippen LogP contribution is 2.26. The van der Waals surface area contributed by atoms with Gasteiger partial charge in [0.25, 0.3) is 0 Å². The number of aromatic nitrogens is 1. The van der Waals surface area contributed by atoms with Gasteiger partial charge in [0.05, 0.1) is 23.3 Å². The molecule has 22 heavy (non-hydrogen) atoms. The van der Waals surface area contributed by atoms with Gasteiger partial charge in [-0.25, -0.2) is 4.79 Å². The van der Waals surface area contributed by atoms with E-state index in [4.69, 9.17) is 4.42 Å². The first kappa shape index (κ1) is 14.0. The molecule has 0 saturated heterocycles. The molecule has 0 unspecified atom stereocenters. The minimum atomic E-state index is -0.599. The van der Waals surface area contributed by atoms with Gasteiger partial charge in [0.2, 0.25) is 0 Å². The van der Waals surface area contributed by atoms with Crippen LogP contribution in [0.4, 0.5) is 0 Å². The molecular weight excluding hydrogens is 280 g/mol. The quantitative estimate of drug-likeness (QED) is 0.595. The Labute approximate surface area is 126 Å². The van der Waals surface area contributed by atoms with Crippen molar-refractivity contribution in [3.8, 4) is 5.75 Å². The molecule has 0 aliphatic heterocycles. The number of benzene rings is 1. The van der Waals surface area contributed by atoms with E-state index in [1.807, 2.05) is 18.2 Å². The first-order chi connectivity index (χ1) is 10.7. The summed E-state index contributed by atoms with van der Waals surface area (Å²) < 4.78 is 5.23. The Bertz CT molecular complexity index is 899. The van der Waals surface area contributed by atoms with Crippen molar-refractivity contribution in [2.45, 2.75) is 13.5 Å². The van der Waals surface area contributed by atoms with Crippen LogP contribution in [-0.2, 0) is 6.54 Å². The number of fused-ring (bicyclic) bond motifs is 1. The number of aliphatic imine (C=N–C) groups is 1. The van der Waals surface area contributed by atoms with Gasteiger partial charge in [0.1, 0.15) is 16.9 Å². The van der Waals surface area contributed by atoms with Crippen LogP contribution in [0.5, 0.6) is 5.75 Å². The normalized spacial score (nSPS) is 11.8. The van der Waals surface area contributed by atoms with Gasteiger partial charge in [-0.1, -0.05) is 18.2 Å². The van der Waals surface area contributed by atoms with Crippen LogP contribution >= 0.6 is 0 Å². The molecule has 5 heteroatoms. The van der Waals surface area contributed by atoms with Crippen LogP contribution in [0.1, 0.15) is 18.2 Å². The summed E-state index contributed by atoms with van der Waals surface area (Å²) in [7, 11) is 0. The van der Waals surface area contributed by atoms with E-state index >= 15 is 0 Å². The van der Waals surface area contributed by atoms with Crippen LogP contribution < -0.4 is 5.63 Å².